The highest BCUT2D eigenvalue weighted by molar-refractivity contribution is 9.10. The maximum atomic E-state index is 5.28. The van der Waals surface area contributed by atoms with E-state index in [1.807, 2.05) is 0 Å². The third-order valence-electron chi connectivity index (χ3n) is 2.17. The Morgan fingerprint density at radius 3 is 2.87 bits per heavy atom. The molecule has 0 atom stereocenters. The molecule has 15 heavy (non-hydrogen) atoms. The molecule has 0 bridgehead atoms. The zero-order chi connectivity index (χ0) is 10.7. The zero-order valence-electron chi connectivity index (χ0n) is 8.11. The predicted octanol–water partition coefficient (Wildman–Crippen LogP) is 0.361. The fourth-order valence-electron chi connectivity index (χ4n) is 1.42. The highest BCUT2D eigenvalue weighted by Crippen LogP contribution is 2.24. The molecule has 3 N–H and O–H groups in total. The van der Waals surface area contributed by atoms with Gasteiger partial charge in [0, 0.05) is 19.3 Å². The van der Waals surface area contributed by atoms with Crippen LogP contribution in [0.4, 0.5) is 11.8 Å². The lowest BCUT2D eigenvalue weighted by Crippen LogP contribution is -2.37. The van der Waals surface area contributed by atoms with Crippen molar-refractivity contribution in [3.05, 3.63) is 10.7 Å². The molecule has 1 aliphatic heterocycles. The Kier molecular flexibility index (Phi) is 3.34. The second-order valence-electron chi connectivity index (χ2n) is 3.11. The van der Waals surface area contributed by atoms with Gasteiger partial charge in [-0.3, -0.25) is 5.43 Å². The summed E-state index contributed by atoms with van der Waals surface area (Å²) in [5.74, 6) is 6.53. The van der Waals surface area contributed by atoms with Crippen molar-refractivity contribution in [1.29, 1.82) is 0 Å². The number of ether oxygens (including phenoxy) is 1. The summed E-state index contributed by atoms with van der Waals surface area (Å²) in [7, 11) is 0. The molecule has 1 aliphatic rings. The number of aromatic nitrogens is 2. The van der Waals surface area contributed by atoms with Crippen molar-refractivity contribution < 1.29 is 4.74 Å². The molecule has 2 rings (SSSR count). The maximum absolute atomic E-state index is 5.28. The van der Waals surface area contributed by atoms with E-state index < -0.39 is 0 Å². The van der Waals surface area contributed by atoms with Gasteiger partial charge in [-0.1, -0.05) is 0 Å². The number of rotatable bonds is 2. The van der Waals surface area contributed by atoms with Crippen molar-refractivity contribution >= 4 is 27.7 Å². The second-order valence-corrected chi connectivity index (χ2v) is 3.96. The van der Waals surface area contributed by atoms with Gasteiger partial charge in [0.15, 0.2) is 0 Å². The second kappa shape index (κ2) is 4.73. The lowest BCUT2D eigenvalue weighted by atomic mass is 10.4. The topological polar surface area (TPSA) is 76.3 Å². The molecule has 1 fully saturated rings. The van der Waals surface area contributed by atoms with Crippen molar-refractivity contribution in [2.75, 3.05) is 36.6 Å². The van der Waals surface area contributed by atoms with E-state index in [2.05, 4.69) is 36.2 Å². The first-order valence-corrected chi connectivity index (χ1v) is 5.42. The molecule has 0 aromatic carbocycles. The van der Waals surface area contributed by atoms with Crippen LogP contribution in [0.5, 0.6) is 0 Å². The van der Waals surface area contributed by atoms with E-state index in [1.54, 1.807) is 6.20 Å². The van der Waals surface area contributed by atoms with Gasteiger partial charge >= 0.3 is 0 Å². The minimum Gasteiger partial charge on any atom is -0.378 e. The molecule has 0 aliphatic carbocycles. The Bertz CT molecular complexity index is 342. The van der Waals surface area contributed by atoms with Crippen LogP contribution in [0.1, 0.15) is 0 Å². The van der Waals surface area contributed by atoms with Crippen molar-refractivity contribution in [3.8, 4) is 0 Å². The van der Waals surface area contributed by atoms with E-state index in [0.717, 1.165) is 36.6 Å². The van der Waals surface area contributed by atoms with Crippen molar-refractivity contribution in [2.24, 2.45) is 5.84 Å². The summed E-state index contributed by atoms with van der Waals surface area (Å²) in [6.07, 6.45) is 1.69. The first kappa shape index (κ1) is 10.6. The highest BCUT2D eigenvalue weighted by Gasteiger charge is 2.16. The van der Waals surface area contributed by atoms with Crippen LogP contribution in [-0.4, -0.2) is 36.3 Å². The Morgan fingerprint density at radius 2 is 2.20 bits per heavy atom. The number of morpholine rings is 1. The largest absolute Gasteiger partial charge is 0.378 e. The number of halogens is 1. The van der Waals surface area contributed by atoms with Crippen LogP contribution >= 0.6 is 15.9 Å². The summed E-state index contributed by atoms with van der Waals surface area (Å²) < 4.78 is 6.14. The number of hydrazine groups is 1. The van der Waals surface area contributed by atoms with Gasteiger partial charge in [0.25, 0.3) is 0 Å². The van der Waals surface area contributed by atoms with E-state index in [9.17, 15) is 0 Å². The van der Waals surface area contributed by atoms with E-state index >= 15 is 0 Å². The normalized spacial score (nSPS) is 16.5. The van der Waals surface area contributed by atoms with Crippen LogP contribution in [0, 0.1) is 0 Å². The number of nitrogens with one attached hydrogen (secondary N) is 1. The van der Waals surface area contributed by atoms with Crippen molar-refractivity contribution in [2.45, 2.75) is 0 Å². The molecule has 0 spiro atoms. The molecule has 2 heterocycles. The summed E-state index contributed by atoms with van der Waals surface area (Å²) in [6.45, 7) is 3.11. The molecule has 0 radical (unpaired) electrons. The van der Waals surface area contributed by atoms with Gasteiger partial charge in [-0.25, -0.2) is 10.8 Å². The Balaban J connectivity index is 2.24. The molecule has 1 saturated heterocycles. The fraction of sp³-hybridized carbons (Fsp3) is 0.500. The van der Waals surface area contributed by atoms with Gasteiger partial charge < -0.3 is 9.64 Å². The van der Waals surface area contributed by atoms with Crippen LogP contribution in [0.25, 0.3) is 0 Å². The van der Waals surface area contributed by atoms with E-state index in [0.29, 0.717) is 5.95 Å². The van der Waals surface area contributed by atoms with Crippen LogP contribution in [-0.2, 0) is 4.74 Å². The number of anilines is 2. The average molecular weight is 274 g/mol. The molecular formula is C8H12BrN5O. The molecule has 1 aromatic heterocycles. The van der Waals surface area contributed by atoms with Crippen molar-refractivity contribution in [1.82, 2.24) is 9.97 Å². The summed E-state index contributed by atoms with van der Waals surface area (Å²) in [5.41, 5.74) is 2.43. The first-order chi connectivity index (χ1) is 7.31. The smallest absolute Gasteiger partial charge is 0.239 e. The summed E-state index contributed by atoms with van der Waals surface area (Å²) in [4.78, 5) is 10.4. The van der Waals surface area contributed by atoms with Gasteiger partial charge in [-0.15, -0.1) is 0 Å². The highest BCUT2D eigenvalue weighted by atomic mass is 79.9. The molecule has 7 heteroatoms. The fourth-order valence-corrected chi connectivity index (χ4v) is 1.87. The van der Waals surface area contributed by atoms with Crippen LogP contribution in [0.2, 0.25) is 0 Å². The van der Waals surface area contributed by atoms with Gasteiger partial charge in [0.1, 0.15) is 5.82 Å². The number of nitrogens with zero attached hydrogens (tertiary/aromatic N) is 3. The number of hydrogen-bond donors (Lipinski definition) is 2. The standard InChI is InChI=1S/C8H12BrN5O/c9-6-5-11-8(13-10)12-7(6)14-1-3-15-4-2-14/h5H,1-4,10H2,(H,11,12,13). The third kappa shape index (κ3) is 2.36. The average Bonchev–Trinajstić information content (AvgIpc) is 2.31. The van der Waals surface area contributed by atoms with E-state index in [-0.39, 0.29) is 0 Å². The first-order valence-electron chi connectivity index (χ1n) is 4.63. The molecule has 82 valence electrons. The van der Waals surface area contributed by atoms with Gasteiger partial charge in [-0.2, -0.15) is 4.98 Å². The van der Waals surface area contributed by atoms with Gasteiger partial charge in [0.2, 0.25) is 5.95 Å². The van der Waals surface area contributed by atoms with Crippen LogP contribution in [0.3, 0.4) is 0 Å². The quantitative estimate of drug-likeness (QED) is 0.599. The molecule has 0 unspecified atom stereocenters. The summed E-state index contributed by atoms with van der Waals surface area (Å²) >= 11 is 3.42. The summed E-state index contributed by atoms with van der Waals surface area (Å²) in [5, 5.41) is 0. The number of nitrogen functional groups attached to an aromatic ring is 1. The number of nitrogens with two attached hydrogens (primary N) is 1. The molecular weight excluding hydrogens is 262 g/mol. The van der Waals surface area contributed by atoms with Gasteiger partial charge in [-0.05, 0) is 15.9 Å². The Morgan fingerprint density at radius 1 is 1.47 bits per heavy atom. The van der Waals surface area contributed by atoms with E-state index in [1.165, 1.54) is 0 Å². The Hall–Kier alpha value is -0.920. The Labute approximate surface area is 95.9 Å². The van der Waals surface area contributed by atoms with E-state index in [4.69, 9.17) is 10.6 Å². The lowest BCUT2D eigenvalue weighted by Gasteiger charge is -2.28. The monoisotopic (exact) mass is 273 g/mol. The maximum Gasteiger partial charge on any atom is 0.239 e. The van der Waals surface area contributed by atoms with Gasteiger partial charge in [0.05, 0.1) is 17.7 Å². The predicted molar refractivity (Wildman–Crippen MR) is 60.6 cm³/mol. The molecule has 0 saturated carbocycles. The lowest BCUT2D eigenvalue weighted by molar-refractivity contribution is 0.122. The van der Waals surface area contributed by atoms with Crippen LogP contribution in [0.15, 0.2) is 10.7 Å². The minimum absolute atomic E-state index is 0.416. The molecule has 6 nitrogen and oxygen atoms in total. The SMILES string of the molecule is NNc1ncc(Br)c(N2CCOCC2)n1. The molecule has 0 amide bonds. The van der Waals surface area contributed by atoms with Crippen LogP contribution < -0.4 is 16.2 Å². The third-order valence-corrected chi connectivity index (χ3v) is 2.72. The zero-order valence-corrected chi connectivity index (χ0v) is 9.70. The molecule has 1 aromatic rings. The number of hydrogen-bond acceptors (Lipinski definition) is 6. The minimum atomic E-state index is 0.416. The van der Waals surface area contributed by atoms with Crippen molar-refractivity contribution in [3.63, 3.8) is 0 Å². The summed E-state index contributed by atoms with van der Waals surface area (Å²) in [6, 6.07) is 0.